The van der Waals surface area contributed by atoms with Crippen LogP contribution in [0.4, 0.5) is 0 Å². The maximum atomic E-state index is 12.8. The van der Waals surface area contributed by atoms with Crippen LogP contribution >= 0.6 is 22.9 Å². The number of hydrogen-bond donors (Lipinski definition) is 0. The van der Waals surface area contributed by atoms with Crippen molar-refractivity contribution in [3.63, 3.8) is 0 Å². The second kappa shape index (κ2) is 5.93. The van der Waals surface area contributed by atoms with E-state index in [-0.39, 0.29) is 12.1 Å². The van der Waals surface area contributed by atoms with Crippen LogP contribution in [0.25, 0.3) is 0 Å². The molecule has 2 heterocycles. The molecule has 0 amide bonds. The third-order valence-corrected chi connectivity index (χ3v) is 7.73. The van der Waals surface area contributed by atoms with Crippen LogP contribution in [0.3, 0.4) is 0 Å². The molecule has 2 atom stereocenters. The topological polar surface area (TPSA) is 46.6 Å². The van der Waals surface area contributed by atoms with Gasteiger partial charge in [0.25, 0.3) is 10.0 Å². The second-order valence-corrected chi connectivity index (χ2v) is 8.58. The maximum absolute atomic E-state index is 12.8. The van der Waals surface area contributed by atoms with Crippen LogP contribution in [0.15, 0.2) is 15.7 Å². The van der Waals surface area contributed by atoms with Crippen LogP contribution in [0.5, 0.6) is 0 Å². The van der Waals surface area contributed by atoms with Crippen LogP contribution in [0.1, 0.15) is 31.2 Å². The zero-order chi connectivity index (χ0) is 14.2. The van der Waals surface area contributed by atoms with Gasteiger partial charge in [-0.3, -0.25) is 0 Å². The van der Waals surface area contributed by atoms with Crippen LogP contribution in [-0.2, 0) is 20.6 Å². The van der Waals surface area contributed by atoms with Crippen molar-refractivity contribution in [3.8, 4) is 0 Å². The number of nitrogens with zero attached hydrogens (tertiary/aromatic N) is 1. The molecule has 0 radical (unpaired) electrons. The summed E-state index contributed by atoms with van der Waals surface area (Å²) in [5.41, 5.74) is 0.865. The van der Waals surface area contributed by atoms with E-state index < -0.39 is 10.0 Å². The molecule has 112 valence electrons. The lowest BCUT2D eigenvalue weighted by Crippen LogP contribution is -2.54. The van der Waals surface area contributed by atoms with Crippen molar-refractivity contribution >= 4 is 33.0 Å². The highest BCUT2D eigenvalue weighted by atomic mass is 35.5. The van der Waals surface area contributed by atoms with Crippen molar-refractivity contribution in [1.82, 2.24) is 4.31 Å². The van der Waals surface area contributed by atoms with Crippen molar-refractivity contribution in [2.45, 2.75) is 47.9 Å². The fourth-order valence-electron chi connectivity index (χ4n) is 3.03. The molecule has 1 saturated carbocycles. The van der Waals surface area contributed by atoms with Crippen molar-refractivity contribution < 1.29 is 13.2 Å². The number of morpholine rings is 1. The normalized spacial score (nSPS) is 28.2. The number of rotatable bonds is 3. The Kier molecular flexibility index (Phi) is 4.38. The first-order valence-corrected chi connectivity index (χ1v) is 9.75. The van der Waals surface area contributed by atoms with E-state index in [1.807, 2.05) is 5.38 Å². The highest BCUT2D eigenvalue weighted by Crippen LogP contribution is 2.34. The molecule has 2 fully saturated rings. The second-order valence-electron chi connectivity index (χ2n) is 5.28. The summed E-state index contributed by atoms with van der Waals surface area (Å²) in [7, 11) is -3.41. The lowest BCUT2D eigenvalue weighted by atomic mass is 9.91. The van der Waals surface area contributed by atoms with E-state index in [1.165, 1.54) is 11.3 Å². The molecule has 0 N–H and O–H groups in total. The number of ether oxygens (including phenoxy) is 1. The van der Waals surface area contributed by atoms with Crippen molar-refractivity contribution in [2.24, 2.45) is 0 Å². The van der Waals surface area contributed by atoms with Crippen LogP contribution in [0, 0.1) is 0 Å². The maximum Gasteiger partial charge on any atom is 0.252 e. The molecule has 20 heavy (non-hydrogen) atoms. The van der Waals surface area contributed by atoms with Crippen LogP contribution < -0.4 is 0 Å². The fourth-order valence-corrected chi connectivity index (χ4v) is 6.28. The smallest absolute Gasteiger partial charge is 0.252 e. The molecule has 0 spiro atoms. The lowest BCUT2D eigenvalue weighted by Gasteiger charge is -2.42. The summed E-state index contributed by atoms with van der Waals surface area (Å²) in [6.45, 7) is 0.950. The van der Waals surface area contributed by atoms with Crippen molar-refractivity contribution in [1.29, 1.82) is 0 Å². The Hall–Kier alpha value is -0.140. The molecule has 1 aromatic rings. The molecular formula is C13H18ClNO3S2. The van der Waals surface area contributed by atoms with Gasteiger partial charge in [-0.25, -0.2) is 8.42 Å². The summed E-state index contributed by atoms with van der Waals surface area (Å²) in [5, 5.41) is 1.82. The van der Waals surface area contributed by atoms with Crippen molar-refractivity contribution in [2.75, 3.05) is 13.2 Å². The average molecular weight is 336 g/mol. The zero-order valence-corrected chi connectivity index (χ0v) is 13.5. The molecule has 0 aromatic carbocycles. The van der Waals surface area contributed by atoms with E-state index in [0.29, 0.717) is 23.2 Å². The monoisotopic (exact) mass is 335 g/mol. The van der Waals surface area contributed by atoms with Gasteiger partial charge in [-0.2, -0.15) is 4.31 Å². The van der Waals surface area contributed by atoms with Crippen LogP contribution in [0.2, 0.25) is 0 Å². The Bertz CT molecular complexity index is 570. The Labute approximate surface area is 128 Å². The summed E-state index contributed by atoms with van der Waals surface area (Å²) in [4.78, 5) is 0. The quantitative estimate of drug-likeness (QED) is 0.798. The Balaban J connectivity index is 1.89. The molecular weight excluding hydrogens is 318 g/mol. The zero-order valence-electron chi connectivity index (χ0n) is 11.1. The van der Waals surface area contributed by atoms with Gasteiger partial charge in [0.1, 0.15) is 4.21 Å². The largest absolute Gasteiger partial charge is 0.375 e. The van der Waals surface area contributed by atoms with Gasteiger partial charge in [-0.15, -0.1) is 22.9 Å². The van der Waals surface area contributed by atoms with Gasteiger partial charge in [0, 0.05) is 12.4 Å². The number of sulfonamides is 1. The predicted octanol–water partition coefficient (Wildman–Crippen LogP) is 2.82. The van der Waals surface area contributed by atoms with Gasteiger partial charge in [0.2, 0.25) is 0 Å². The first-order chi connectivity index (χ1) is 9.63. The number of fused-ring (bicyclic) bond motifs is 1. The number of hydrogen-bond acceptors (Lipinski definition) is 4. The molecule has 2 unspecified atom stereocenters. The van der Waals surface area contributed by atoms with Gasteiger partial charge in [-0.05, 0) is 29.9 Å². The predicted molar refractivity (Wildman–Crippen MR) is 79.8 cm³/mol. The van der Waals surface area contributed by atoms with Gasteiger partial charge in [-0.1, -0.05) is 12.8 Å². The summed E-state index contributed by atoms with van der Waals surface area (Å²) < 4.78 is 33.4. The molecule has 1 aromatic heterocycles. The third kappa shape index (κ3) is 2.64. The summed E-state index contributed by atoms with van der Waals surface area (Å²) in [6, 6.07) is 1.70. The number of thiophene rings is 1. The fraction of sp³-hybridized carbons (Fsp3) is 0.692. The molecule has 3 rings (SSSR count). The summed E-state index contributed by atoms with van der Waals surface area (Å²) in [5.74, 6) is 0.348. The number of halogens is 1. The molecule has 0 bridgehead atoms. The van der Waals surface area contributed by atoms with Gasteiger partial charge < -0.3 is 4.74 Å². The minimum Gasteiger partial charge on any atom is -0.375 e. The average Bonchev–Trinajstić information content (AvgIpc) is 2.96. The highest BCUT2D eigenvalue weighted by Gasteiger charge is 2.41. The van der Waals surface area contributed by atoms with E-state index in [0.717, 1.165) is 31.2 Å². The van der Waals surface area contributed by atoms with E-state index in [4.69, 9.17) is 16.3 Å². The van der Waals surface area contributed by atoms with Crippen molar-refractivity contribution in [3.05, 3.63) is 17.0 Å². The Morgan fingerprint density at radius 2 is 2.20 bits per heavy atom. The third-order valence-electron chi connectivity index (χ3n) is 4.03. The molecule has 1 aliphatic heterocycles. The van der Waals surface area contributed by atoms with Gasteiger partial charge in [0.15, 0.2) is 0 Å². The van der Waals surface area contributed by atoms with Gasteiger partial charge >= 0.3 is 0 Å². The minimum atomic E-state index is -3.41. The number of alkyl halides is 1. The standard InChI is InChI=1S/C13H18ClNO3S2/c14-8-10-7-13(19-9-10)20(16,17)15-5-6-18-12-4-2-1-3-11(12)15/h7,9,11-12H,1-6,8H2. The first kappa shape index (κ1) is 14.8. The molecule has 2 aliphatic rings. The van der Waals surface area contributed by atoms with E-state index in [9.17, 15) is 8.42 Å². The highest BCUT2D eigenvalue weighted by molar-refractivity contribution is 7.91. The van der Waals surface area contributed by atoms with E-state index >= 15 is 0 Å². The molecule has 4 nitrogen and oxygen atoms in total. The summed E-state index contributed by atoms with van der Waals surface area (Å²) in [6.07, 6.45) is 4.14. The summed E-state index contributed by atoms with van der Waals surface area (Å²) >= 11 is 7.02. The molecule has 7 heteroatoms. The Morgan fingerprint density at radius 1 is 1.40 bits per heavy atom. The first-order valence-electron chi connectivity index (χ1n) is 6.90. The van der Waals surface area contributed by atoms with Crippen LogP contribution in [-0.4, -0.2) is 38.0 Å². The Morgan fingerprint density at radius 3 is 2.95 bits per heavy atom. The minimum absolute atomic E-state index is 0.00375. The lowest BCUT2D eigenvalue weighted by molar-refractivity contribution is -0.0585. The molecule has 1 aliphatic carbocycles. The SMILES string of the molecule is O=S(=O)(c1cc(CCl)cs1)N1CCOC2CCCCC21. The van der Waals surface area contributed by atoms with E-state index in [2.05, 4.69) is 0 Å². The molecule has 1 saturated heterocycles. The van der Waals surface area contributed by atoms with E-state index in [1.54, 1.807) is 10.4 Å². The van der Waals surface area contributed by atoms with Gasteiger partial charge in [0.05, 0.1) is 18.8 Å².